The van der Waals surface area contributed by atoms with Crippen LogP contribution in [0.2, 0.25) is 5.02 Å². The van der Waals surface area contributed by atoms with Gasteiger partial charge in [-0.25, -0.2) is 0 Å². The number of hydrogen-bond acceptors (Lipinski definition) is 6. The number of carbonyl (C=O) groups is 1. The van der Waals surface area contributed by atoms with E-state index in [2.05, 4.69) is 26.0 Å². The summed E-state index contributed by atoms with van der Waals surface area (Å²) in [4.78, 5) is 11.7. The van der Waals surface area contributed by atoms with Crippen LogP contribution in [0.15, 0.2) is 36.4 Å². The molecule has 11 heteroatoms. The van der Waals surface area contributed by atoms with E-state index in [1.165, 1.54) is 18.2 Å². The molecule has 0 bridgehead atoms. The van der Waals surface area contributed by atoms with Gasteiger partial charge in [-0.2, -0.15) is 13.2 Å². The number of halogens is 4. The Morgan fingerprint density at radius 2 is 2.00 bits per heavy atom. The fourth-order valence-electron chi connectivity index (χ4n) is 3.00. The van der Waals surface area contributed by atoms with Crippen LogP contribution in [0.25, 0.3) is 10.9 Å². The smallest absolute Gasteiger partial charge is 0.366 e. The number of primary amides is 1. The first kappa shape index (κ1) is 21.7. The van der Waals surface area contributed by atoms with E-state index < -0.39 is 23.7 Å². The van der Waals surface area contributed by atoms with Gasteiger partial charge in [0.1, 0.15) is 5.52 Å². The van der Waals surface area contributed by atoms with Gasteiger partial charge < -0.3 is 16.4 Å². The van der Waals surface area contributed by atoms with Crippen molar-refractivity contribution in [2.45, 2.75) is 19.1 Å². The third kappa shape index (κ3) is 4.60. The molecule has 0 aliphatic rings. The van der Waals surface area contributed by atoms with Crippen LogP contribution in [0.1, 0.15) is 34.5 Å². The summed E-state index contributed by atoms with van der Waals surface area (Å²) in [5.74, 6) is -0.418. The molecular weight excluding hydrogens is 421 g/mol. The minimum atomic E-state index is -4.59. The highest BCUT2D eigenvalue weighted by Gasteiger charge is 2.34. The number of hydrogen-bond donors (Lipinski definition) is 3. The average molecular weight is 439 g/mol. The Morgan fingerprint density at radius 3 is 2.67 bits per heavy atom. The van der Waals surface area contributed by atoms with Crippen molar-refractivity contribution < 1.29 is 18.0 Å². The van der Waals surface area contributed by atoms with Crippen molar-refractivity contribution in [1.82, 2.24) is 20.7 Å². The fourth-order valence-corrected chi connectivity index (χ4v) is 3.22. The highest BCUT2D eigenvalue weighted by molar-refractivity contribution is 6.31. The van der Waals surface area contributed by atoms with Gasteiger partial charge in [-0.15, -0.1) is 10.2 Å². The fraction of sp³-hybridized carbons (Fsp3) is 0.263. The van der Waals surface area contributed by atoms with E-state index in [0.29, 0.717) is 24.0 Å². The van der Waals surface area contributed by atoms with Crippen LogP contribution in [-0.4, -0.2) is 34.4 Å². The summed E-state index contributed by atoms with van der Waals surface area (Å²) < 4.78 is 39.9. The van der Waals surface area contributed by atoms with Gasteiger partial charge in [0.05, 0.1) is 22.2 Å². The molecule has 1 atom stereocenters. The van der Waals surface area contributed by atoms with Crippen LogP contribution < -0.4 is 16.4 Å². The van der Waals surface area contributed by atoms with Crippen molar-refractivity contribution >= 4 is 34.2 Å². The lowest BCUT2D eigenvalue weighted by Gasteiger charge is -2.22. The van der Waals surface area contributed by atoms with Gasteiger partial charge in [0.2, 0.25) is 0 Å². The molecule has 7 nitrogen and oxygen atoms in total. The topological polar surface area (TPSA) is 106 Å². The van der Waals surface area contributed by atoms with Crippen LogP contribution in [0.4, 0.5) is 19.0 Å². The molecule has 0 spiro atoms. The number of benzene rings is 2. The SMILES string of the molecule is CCNC[C@@H](Nc1nnnc2c(C(N)=O)cccc12)c1ccc(Cl)c(C(F)(F)F)c1. The number of nitrogens with two attached hydrogens (primary N) is 1. The van der Waals surface area contributed by atoms with Crippen molar-refractivity contribution in [3.8, 4) is 0 Å². The van der Waals surface area contributed by atoms with Crippen molar-refractivity contribution in [2.75, 3.05) is 18.4 Å². The predicted octanol–water partition coefficient (Wildman–Crippen LogP) is 3.56. The van der Waals surface area contributed by atoms with Gasteiger partial charge >= 0.3 is 6.18 Å². The molecule has 158 valence electrons. The minimum Gasteiger partial charge on any atom is -0.366 e. The number of likely N-dealkylation sites (N-methyl/N-ethyl adjacent to an activating group) is 1. The number of nitrogens with one attached hydrogen (secondary N) is 2. The number of alkyl halides is 3. The first-order chi connectivity index (χ1) is 14.2. The Bertz CT molecular complexity index is 1080. The third-order valence-electron chi connectivity index (χ3n) is 4.45. The summed E-state index contributed by atoms with van der Waals surface area (Å²) in [6.07, 6.45) is -4.59. The summed E-state index contributed by atoms with van der Waals surface area (Å²) in [6, 6.07) is 7.91. The highest BCUT2D eigenvalue weighted by atomic mass is 35.5. The monoisotopic (exact) mass is 438 g/mol. The van der Waals surface area contributed by atoms with E-state index in [4.69, 9.17) is 17.3 Å². The molecule has 0 aliphatic heterocycles. The lowest BCUT2D eigenvalue weighted by atomic mass is 10.0. The van der Waals surface area contributed by atoms with Gasteiger partial charge in [0, 0.05) is 11.9 Å². The van der Waals surface area contributed by atoms with Gasteiger partial charge in [0.25, 0.3) is 5.91 Å². The Balaban J connectivity index is 2.05. The number of nitrogens with zero attached hydrogens (tertiary/aromatic N) is 3. The summed E-state index contributed by atoms with van der Waals surface area (Å²) in [5.41, 5.74) is 5.22. The van der Waals surface area contributed by atoms with Crippen LogP contribution >= 0.6 is 11.6 Å². The number of fused-ring (bicyclic) bond motifs is 1. The first-order valence-electron chi connectivity index (χ1n) is 8.98. The second-order valence-corrected chi connectivity index (χ2v) is 6.85. The molecule has 0 fully saturated rings. The summed E-state index contributed by atoms with van der Waals surface area (Å²) in [5, 5.41) is 17.8. The molecule has 3 aromatic rings. The molecule has 1 heterocycles. The largest absolute Gasteiger partial charge is 0.417 e. The van der Waals surface area contributed by atoms with E-state index >= 15 is 0 Å². The summed E-state index contributed by atoms with van der Waals surface area (Å²) in [7, 11) is 0. The van der Waals surface area contributed by atoms with E-state index in [9.17, 15) is 18.0 Å². The highest BCUT2D eigenvalue weighted by Crippen LogP contribution is 2.36. The zero-order chi connectivity index (χ0) is 21.9. The normalized spacial score (nSPS) is 12.7. The quantitative estimate of drug-likeness (QED) is 0.521. The Kier molecular flexibility index (Phi) is 6.37. The van der Waals surface area contributed by atoms with Gasteiger partial charge in [-0.3, -0.25) is 4.79 Å². The van der Waals surface area contributed by atoms with E-state index in [1.54, 1.807) is 12.1 Å². The molecule has 30 heavy (non-hydrogen) atoms. The summed E-state index contributed by atoms with van der Waals surface area (Å²) in [6.45, 7) is 2.78. The molecule has 3 rings (SSSR count). The zero-order valence-corrected chi connectivity index (χ0v) is 16.6. The maximum absolute atomic E-state index is 13.3. The molecule has 0 radical (unpaired) electrons. The molecule has 1 aromatic heterocycles. The van der Waals surface area contributed by atoms with Crippen molar-refractivity contribution in [3.63, 3.8) is 0 Å². The zero-order valence-electron chi connectivity index (χ0n) is 15.8. The Labute approximate surface area is 174 Å². The second kappa shape index (κ2) is 8.80. The number of aromatic nitrogens is 3. The summed E-state index contributed by atoms with van der Waals surface area (Å²) >= 11 is 5.74. The predicted molar refractivity (Wildman–Crippen MR) is 107 cm³/mol. The average Bonchev–Trinajstić information content (AvgIpc) is 2.70. The van der Waals surface area contributed by atoms with E-state index in [0.717, 1.165) is 6.07 Å². The van der Waals surface area contributed by atoms with E-state index in [-0.39, 0.29) is 21.9 Å². The molecule has 0 saturated heterocycles. The minimum absolute atomic E-state index is 0.166. The molecule has 0 saturated carbocycles. The van der Waals surface area contributed by atoms with Crippen LogP contribution in [-0.2, 0) is 6.18 Å². The standard InChI is InChI=1S/C19H18ClF3N6O/c1-2-25-9-15(10-6-7-14(20)13(8-10)19(21,22)23)26-18-12-5-3-4-11(17(24)30)16(12)27-29-28-18/h3-8,15,25H,2,9H2,1H3,(H2,24,30)(H,26,27,28)/t15-/m1/s1. The number of rotatable bonds is 7. The van der Waals surface area contributed by atoms with Gasteiger partial charge in [-0.05, 0) is 41.6 Å². The number of carbonyl (C=O) groups excluding carboxylic acids is 1. The molecule has 1 amide bonds. The van der Waals surface area contributed by atoms with Crippen molar-refractivity contribution in [2.24, 2.45) is 5.73 Å². The Hall–Kier alpha value is -2.98. The number of anilines is 1. The molecule has 0 aliphatic carbocycles. The van der Waals surface area contributed by atoms with Gasteiger partial charge in [-0.1, -0.05) is 30.7 Å². The van der Waals surface area contributed by atoms with Crippen LogP contribution in [0.3, 0.4) is 0 Å². The van der Waals surface area contributed by atoms with Crippen LogP contribution in [0, 0.1) is 0 Å². The lowest BCUT2D eigenvalue weighted by Crippen LogP contribution is -2.27. The third-order valence-corrected chi connectivity index (χ3v) is 4.78. The molecule has 0 unspecified atom stereocenters. The maximum atomic E-state index is 13.3. The van der Waals surface area contributed by atoms with Gasteiger partial charge in [0.15, 0.2) is 5.82 Å². The molecule has 4 N–H and O–H groups in total. The molecule has 2 aromatic carbocycles. The Morgan fingerprint density at radius 1 is 1.23 bits per heavy atom. The second-order valence-electron chi connectivity index (χ2n) is 6.45. The van der Waals surface area contributed by atoms with Crippen molar-refractivity contribution in [1.29, 1.82) is 0 Å². The molecular formula is C19H18ClF3N6O. The van der Waals surface area contributed by atoms with Crippen LogP contribution in [0.5, 0.6) is 0 Å². The maximum Gasteiger partial charge on any atom is 0.417 e. The van der Waals surface area contributed by atoms with E-state index in [1.807, 2.05) is 6.92 Å². The number of amides is 1. The van der Waals surface area contributed by atoms with Crippen molar-refractivity contribution in [3.05, 3.63) is 58.1 Å². The first-order valence-corrected chi connectivity index (χ1v) is 9.36. The lowest BCUT2D eigenvalue weighted by molar-refractivity contribution is -0.137.